The summed E-state index contributed by atoms with van der Waals surface area (Å²) in [7, 11) is 0. The quantitative estimate of drug-likeness (QED) is 0.873. The smallest absolute Gasteiger partial charge is 0.326 e. The van der Waals surface area contributed by atoms with Gasteiger partial charge in [0.25, 0.3) is 0 Å². The molecule has 0 radical (unpaired) electrons. The molecule has 3 rings (SSSR count). The van der Waals surface area contributed by atoms with Crippen LogP contribution in [0.3, 0.4) is 0 Å². The van der Waals surface area contributed by atoms with Crippen molar-refractivity contribution in [3.63, 3.8) is 0 Å². The van der Waals surface area contributed by atoms with E-state index in [0.29, 0.717) is 32.5 Å². The summed E-state index contributed by atoms with van der Waals surface area (Å²) in [5.74, 6) is -1.89. The highest BCUT2D eigenvalue weighted by Crippen LogP contribution is 2.25. The van der Waals surface area contributed by atoms with Crippen LogP contribution in [-0.2, 0) is 20.8 Å². The topological polar surface area (TPSA) is 77.9 Å². The van der Waals surface area contributed by atoms with Crippen molar-refractivity contribution in [1.82, 2.24) is 9.80 Å². The van der Waals surface area contributed by atoms with Gasteiger partial charge in [-0.2, -0.15) is 0 Å². The first-order valence-electron chi connectivity index (χ1n) is 9.51. The molecule has 0 spiro atoms. The number of carboxylic acid groups (broad SMARTS) is 1. The minimum atomic E-state index is -0.955. The van der Waals surface area contributed by atoms with Gasteiger partial charge in [0.15, 0.2) is 0 Å². The number of carbonyl (C=O) groups excluding carboxylic acids is 2. The minimum absolute atomic E-state index is 0.0902. The average Bonchev–Trinajstić information content (AvgIpc) is 2.69. The molecular formula is C20H25FN2O4. The van der Waals surface area contributed by atoms with Gasteiger partial charge in [0.2, 0.25) is 11.8 Å². The van der Waals surface area contributed by atoms with E-state index in [2.05, 4.69) is 0 Å². The molecule has 2 atom stereocenters. The Kier molecular flexibility index (Phi) is 6.08. The number of piperidine rings is 2. The molecule has 7 heteroatoms. The number of carbonyl (C=O) groups is 3. The highest BCUT2D eigenvalue weighted by Gasteiger charge is 2.37. The van der Waals surface area contributed by atoms with E-state index >= 15 is 0 Å². The first kappa shape index (κ1) is 19.3. The number of likely N-dealkylation sites (tertiary alicyclic amines) is 2. The third kappa shape index (κ3) is 4.64. The van der Waals surface area contributed by atoms with Gasteiger partial charge in [-0.1, -0.05) is 12.1 Å². The maximum Gasteiger partial charge on any atom is 0.326 e. The fourth-order valence-corrected chi connectivity index (χ4v) is 3.98. The molecule has 2 heterocycles. The molecule has 1 aromatic rings. The molecule has 6 nitrogen and oxygen atoms in total. The van der Waals surface area contributed by atoms with Gasteiger partial charge in [0.1, 0.15) is 11.9 Å². The zero-order chi connectivity index (χ0) is 19.4. The summed E-state index contributed by atoms with van der Waals surface area (Å²) < 4.78 is 13.0. The molecule has 0 aromatic heterocycles. The lowest BCUT2D eigenvalue weighted by Gasteiger charge is -2.38. The number of hydrogen-bond donors (Lipinski definition) is 1. The van der Waals surface area contributed by atoms with Crippen LogP contribution in [0.2, 0.25) is 0 Å². The number of carboxylic acids is 1. The SMILES string of the molecule is O=C(O)[C@H]1CCCCN1C(=O)[C@H]1CCCN(C(=O)Cc2ccc(F)cc2)C1. The Morgan fingerprint density at radius 3 is 2.48 bits per heavy atom. The Bertz CT molecular complexity index is 706. The van der Waals surface area contributed by atoms with Crippen molar-refractivity contribution in [1.29, 1.82) is 0 Å². The Hall–Kier alpha value is -2.44. The predicted molar refractivity (Wildman–Crippen MR) is 96.4 cm³/mol. The fraction of sp³-hybridized carbons (Fsp3) is 0.550. The number of nitrogens with zero attached hydrogens (tertiary/aromatic N) is 2. The van der Waals surface area contributed by atoms with E-state index in [4.69, 9.17) is 0 Å². The highest BCUT2D eigenvalue weighted by atomic mass is 19.1. The first-order valence-corrected chi connectivity index (χ1v) is 9.51. The second-order valence-corrected chi connectivity index (χ2v) is 7.36. The maximum absolute atomic E-state index is 13.0. The van der Waals surface area contributed by atoms with Crippen LogP contribution in [0.4, 0.5) is 4.39 Å². The monoisotopic (exact) mass is 376 g/mol. The minimum Gasteiger partial charge on any atom is -0.480 e. The van der Waals surface area contributed by atoms with Crippen LogP contribution in [0.5, 0.6) is 0 Å². The van der Waals surface area contributed by atoms with Crippen LogP contribution < -0.4 is 0 Å². The third-order valence-electron chi connectivity index (χ3n) is 5.46. The molecule has 0 aliphatic carbocycles. The Morgan fingerprint density at radius 2 is 1.78 bits per heavy atom. The zero-order valence-electron chi connectivity index (χ0n) is 15.3. The van der Waals surface area contributed by atoms with Crippen molar-refractivity contribution in [2.24, 2.45) is 5.92 Å². The molecular weight excluding hydrogens is 351 g/mol. The van der Waals surface area contributed by atoms with Crippen LogP contribution in [0, 0.1) is 11.7 Å². The number of rotatable bonds is 4. The number of amides is 2. The summed E-state index contributed by atoms with van der Waals surface area (Å²) >= 11 is 0. The summed E-state index contributed by atoms with van der Waals surface area (Å²) in [6.45, 7) is 1.38. The number of aliphatic carboxylic acids is 1. The van der Waals surface area contributed by atoms with Crippen molar-refractivity contribution >= 4 is 17.8 Å². The lowest BCUT2D eigenvalue weighted by molar-refractivity contribution is -0.155. The van der Waals surface area contributed by atoms with E-state index in [1.165, 1.54) is 17.0 Å². The molecule has 2 fully saturated rings. The van der Waals surface area contributed by atoms with E-state index < -0.39 is 12.0 Å². The summed E-state index contributed by atoms with van der Waals surface area (Å²) in [4.78, 5) is 40.1. The van der Waals surface area contributed by atoms with Gasteiger partial charge in [0.05, 0.1) is 12.3 Å². The molecule has 1 N–H and O–H groups in total. The van der Waals surface area contributed by atoms with Crippen LogP contribution in [0.25, 0.3) is 0 Å². The largest absolute Gasteiger partial charge is 0.480 e. The predicted octanol–water partition coefficient (Wildman–Crippen LogP) is 2.07. The van der Waals surface area contributed by atoms with Gasteiger partial charge in [-0.25, -0.2) is 9.18 Å². The molecule has 0 saturated carbocycles. The lowest BCUT2D eigenvalue weighted by atomic mass is 9.93. The van der Waals surface area contributed by atoms with E-state index in [0.717, 1.165) is 24.8 Å². The number of benzene rings is 1. The van der Waals surface area contributed by atoms with Crippen molar-refractivity contribution in [3.8, 4) is 0 Å². The maximum atomic E-state index is 13.0. The first-order chi connectivity index (χ1) is 13.0. The van der Waals surface area contributed by atoms with Crippen LogP contribution in [0.1, 0.15) is 37.7 Å². The average molecular weight is 376 g/mol. The molecule has 146 valence electrons. The summed E-state index contributed by atoms with van der Waals surface area (Å²) in [5, 5.41) is 9.39. The van der Waals surface area contributed by atoms with E-state index in [9.17, 15) is 23.9 Å². The van der Waals surface area contributed by atoms with Gasteiger partial charge in [-0.3, -0.25) is 9.59 Å². The molecule has 0 bridgehead atoms. The highest BCUT2D eigenvalue weighted by molar-refractivity contribution is 5.86. The standard InChI is InChI=1S/C20H25FN2O4/c21-16-8-6-14(7-9-16)12-18(24)22-10-3-4-15(13-22)19(25)23-11-2-1-5-17(23)20(26)27/h6-9,15,17H,1-5,10-13H2,(H,26,27)/t15-,17+/m0/s1. The lowest BCUT2D eigenvalue weighted by Crippen LogP contribution is -2.53. The summed E-state index contributed by atoms with van der Waals surface area (Å²) in [5.41, 5.74) is 0.733. The second-order valence-electron chi connectivity index (χ2n) is 7.36. The Balaban J connectivity index is 1.62. The van der Waals surface area contributed by atoms with Crippen molar-refractivity contribution in [2.45, 2.75) is 44.6 Å². The molecule has 2 aliphatic rings. The van der Waals surface area contributed by atoms with Crippen molar-refractivity contribution < 1.29 is 23.9 Å². The molecule has 27 heavy (non-hydrogen) atoms. The fourth-order valence-electron chi connectivity index (χ4n) is 3.98. The number of hydrogen-bond acceptors (Lipinski definition) is 3. The van der Waals surface area contributed by atoms with Crippen molar-refractivity contribution in [3.05, 3.63) is 35.6 Å². The Labute approximate surface area is 157 Å². The normalized spacial score (nSPS) is 23.1. The van der Waals surface area contributed by atoms with Gasteiger partial charge in [0, 0.05) is 19.6 Å². The number of halogens is 1. The molecule has 2 amide bonds. The van der Waals surface area contributed by atoms with Gasteiger partial charge < -0.3 is 14.9 Å². The summed E-state index contributed by atoms with van der Waals surface area (Å²) in [6.07, 6.45) is 3.67. The molecule has 0 unspecified atom stereocenters. The van der Waals surface area contributed by atoms with Gasteiger partial charge in [-0.05, 0) is 49.8 Å². The molecule has 1 aromatic carbocycles. The molecule has 2 saturated heterocycles. The van der Waals surface area contributed by atoms with Gasteiger partial charge >= 0.3 is 5.97 Å². The second kappa shape index (κ2) is 8.50. The molecule has 2 aliphatic heterocycles. The van der Waals surface area contributed by atoms with Crippen LogP contribution in [0.15, 0.2) is 24.3 Å². The summed E-state index contributed by atoms with van der Waals surface area (Å²) in [6, 6.07) is 5.08. The zero-order valence-corrected chi connectivity index (χ0v) is 15.3. The van der Waals surface area contributed by atoms with E-state index in [1.54, 1.807) is 17.0 Å². The van der Waals surface area contributed by atoms with Crippen LogP contribution >= 0.6 is 0 Å². The van der Waals surface area contributed by atoms with Crippen molar-refractivity contribution in [2.75, 3.05) is 19.6 Å². The van der Waals surface area contributed by atoms with E-state index in [1.807, 2.05) is 0 Å². The van der Waals surface area contributed by atoms with Crippen LogP contribution in [-0.4, -0.2) is 58.4 Å². The third-order valence-corrected chi connectivity index (χ3v) is 5.46. The van der Waals surface area contributed by atoms with E-state index in [-0.39, 0.29) is 30.0 Å². The Morgan fingerprint density at radius 1 is 1.04 bits per heavy atom. The van der Waals surface area contributed by atoms with Gasteiger partial charge in [-0.15, -0.1) is 0 Å².